The van der Waals surface area contributed by atoms with Crippen molar-refractivity contribution in [2.24, 2.45) is 0 Å². The predicted octanol–water partition coefficient (Wildman–Crippen LogP) is 5.89. The SMILES string of the molecule is O=C1C(=O)c2ccc3ccccc3c2C=C1N1c2ccccc2Oc2ccccc21. The quantitative estimate of drug-likeness (QED) is 0.381. The van der Waals surface area contributed by atoms with Crippen LogP contribution in [0.5, 0.6) is 11.5 Å². The van der Waals surface area contributed by atoms with Crippen LogP contribution in [-0.4, -0.2) is 11.6 Å². The van der Waals surface area contributed by atoms with Gasteiger partial charge in [0.05, 0.1) is 17.1 Å². The Balaban J connectivity index is 1.66. The van der Waals surface area contributed by atoms with Gasteiger partial charge in [0, 0.05) is 5.56 Å². The molecule has 1 aliphatic heterocycles. The average Bonchev–Trinajstić information content (AvgIpc) is 2.79. The lowest BCUT2D eigenvalue weighted by Gasteiger charge is -2.34. The van der Waals surface area contributed by atoms with Crippen molar-refractivity contribution in [1.29, 1.82) is 0 Å². The first-order valence-corrected chi connectivity index (χ1v) is 9.71. The molecule has 0 aromatic heterocycles. The summed E-state index contributed by atoms with van der Waals surface area (Å²) in [6.07, 6.45) is 1.83. The molecule has 2 aliphatic rings. The van der Waals surface area contributed by atoms with Crippen LogP contribution in [0.2, 0.25) is 0 Å². The van der Waals surface area contributed by atoms with E-state index in [0.29, 0.717) is 22.8 Å². The first-order chi connectivity index (χ1) is 14.7. The summed E-state index contributed by atoms with van der Waals surface area (Å²) >= 11 is 0. The Morgan fingerprint density at radius 1 is 0.633 bits per heavy atom. The molecule has 30 heavy (non-hydrogen) atoms. The molecule has 0 amide bonds. The molecule has 1 heterocycles. The molecular weight excluding hydrogens is 374 g/mol. The second-order valence-electron chi connectivity index (χ2n) is 7.31. The molecule has 0 bridgehead atoms. The number of Topliss-reactive ketones (excluding diaryl/α,β-unsaturated/α-hetero) is 2. The van der Waals surface area contributed by atoms with Gasteiger partial charge >= 0.3 is 0 Å². The van der Waals surface area contributed by atoms with E-state index in [1.165, 1.54) is 0 Å². The van der Waals surface area contributed by atoms with Crippen LogP contribution in [0.25, 0.3) is 16.8 Å². The molecule has 0 saturated heterocycles. The van der Waals surface area contributed by atoms with Gasteiger partial charge in [0.25, 0.3) is 0 Å². The summed E-state index contributed by atoms with van der Waals surface area (Å²) in [5, 5.41) is 1.97. The Kier molecular flexibility index (Phi) is 3.44. The van der Waals surface area contributed by atoms with Crippen molar-refractivity contribution in [2.45, 2.75) is 0 Å². The number of anilines is 2. The lowest BCUT2D eigenvalue weighted by atomic mass is 9.88. The summed E-state index contributed by atoms with van der Waals surface area (Å²) in [5.41, 5.74) is 3.00. The fraction of sp³-hybridized carbons (Fsp3) is 0. The van der Waals surface area contributed by atoms with Crippen LogP contribution in [-0.2, 0) is 4.79 Å². The van der Waals surface area contributed by atoms with Crippen LogP contribution in [0, 0.1) is 0 Å². The van der Waals surface area contributed by atoms with Crippen LogP contribution >= 0.6 is 0 Å². The molecule has 0 atom stereocenters. The van der Waals surface area contributed by atoms with Gasteiger partial charge in [-0.2, -0.15) is 0 Å². The Bertz CT molecular complexity index is 1370. The largest absolute Gasteiger partial charge is 0.453 e. The van der Waals surface area contributed by atoms with Gasteiger partial charge in [-0.1, -0.05) is 54.6 Å². The number of para-hydroxylation sites is 4. The zero-order chi connectivity index (χ0) is 20.2. The zero-order valence-electron chi connectivity index (χ0n) is 15.8. The maximum absolute atomic E-state index is 13.2. The van der Waals surface area contributed by atoms with Crippen molar-refractivity contribution >= 4 is 39.8 Å². The van der Waals surface area contributed by atoms with Gasteiger partial charge in [0.1, 0.15) is 0 Å². The molecule has 1 aliphatic carbocycles. The lowest BCUT2D eigenvalue weighted by Crippen LogP contribution is -2.32. The van der Waals surface area contributed by atoms with Gasteiger partial charge in [-0.15, -0.1) is 0 Å². The third-order valence-electron chi connectivity index (χ3n) is 5.61. The molecule has 0 radical (unpaired) electrons. The minimum absolute atomic E-state index is 0.326. The Hall–Kier alpha value is -4.18. The van der Waals surface area contributed by atoms with Gasteiger partial charge in [-0.3, -0.25) is 14.5 Å². The monoisotopic (exact) mass is 389 g/mol. The molecule has 0 N–H and O–H groups in total. The molecule has 4 heteroatoms. The van der Waals surface area contributed by atoms with Crippen molar-refractivity contribution in [2.75, 3.05) is 4.90 Å². The normalized spacial score (nSPS) is 14.5. The molecule has 6 rings (SSSR count). The van der Waals surface area contributed by atoms with Crippen LogP contribution in [0.1, 0.15) is 15.9 Å². The van der Waals surface area contributed by atoms with Crippen LogP contribution in [0.4, 0.5) is 11.4 Å². The molecule has 0 fully saturated rings. The number of hydrogen-bond acceptors (Lipinski definition) is 4. The highest BCUT2D eigenvalue weighted by Crippen LogP contribution is 2.49. The van der Waals surface area contributed by atoms with Crippen molar-refractivity contribution in [3.05, 3.63) is 102 Å². The Morgan fingerprint density at radius 2 is 1.27 bits per heavy atom. The number of allylic oxidation sites excluding steroid dienone is 1. The fourth-order valence-electron chi connectivity index (χ4n) is 4.22. The minimum atomic E-state index is -0.524. The summed E-state index contributed by atoms with van der Waals surface area (Å²) < 4.78 is 6.04. The highest BCUT2D eigenvalue weighted by molar-refractivity contribution is 6.53. The van der Waals surface area contributed by atoms with Crippen LogP contribution < -0.4 is 9.64 Å². The highest BCUT2D eigenvalue weighted by atomic mass is 16.5. The topological polar surface area (TPSA) is 46.6 Å². The van der Waals surface area contributed by atoms with Crippen molar-refractivity contribution in [1.82, 2.24) is 0 Å². The number of rotatable bonds is 1. The zero-order valence-corrected chi connectivity index (χ0v) is 15.8. The third kappa shape index (κ3) is 2.28. The van der Waals surface area contributed by atoms with E-state index >= 15 is 0 Å². The summed E-state index contributed by atoms with van der Waals surface area (Å²) in [7, 11) is 0. The van der Waals surface area contributed by atoms with E-state index in [-0.39, 0.29) is 0 Å². The molecule has 4 nitrogen and oxygen atoms in total. The van der Waals surface area contributed by atoms with Crippen LogP contribution in [0.15, 0.2) is 90.6 Å². The van der Waals surface area contributed by atoms with E-state index in [4.69, 9.17) is 4.74 Å². The number of ether oxygens (including phenoxy) is 1. The molecule has 0 saturated carbocycles. The van der Waals surface area contributed by atoms with Crippen LogP contribution in [0.3, 0.4) is 0 Å². The Labute approximate surface area is 172 Å². The maximum Gasteiger partial charge on any atom is 0.250 e. The van der Waals surface area contributed by atoms with E-state index in [1.807, 2.05) is 89.8 Å². The number of ketones is 2. The molecule has 0 unspecified atom stereocenters. The Morgan fingerprint density at radius 3 is 2.00 bits per heavy atom. The van der Waals surface area contributed by atoms with E-state index in [2.05, 4.69) is 0 Å². The number of carbonyl (C=O) groups excluding carboxylic acids is 2. The highest BCUT2D eigenvalue weighted by Gasteiger charge is 2.36. The summed E-state index contributed by atoms with van der Waals surface area (Å²) in [5.74, 6) is 0.265. The predicted molar refractivity (Wildman–Crippen MR) is 116 cm³/mol. The smallest absolute Gasteiger partial charge is 0.250 e. The maximum atomic E-state index is 13.2. The van der Waals surface area contributed by atoms with E-state index in [1.54, 1.807) is 6.07 Å². The van der Waals surface area contributed by atoms with Gasteiger partial charge in [-0.05, 0) is 52.7 Å². The molecule has 4 aromatic carbocycles. The minimum Gasteiger partial charge on any atom is -0.453 e. The number of benzene rings is 4. The lowest BCUT2D eigenvalue weighted by molar-refractivity contribution is -0.111. The second-order valence-corrected chi connectivity index (χ2v) is 7.31. The summed E-state index contributed by atoms with van der Waals surface area (Å²) in [4.78, 5) is 28.2. The third-order valence-corrected chi connectivity index (χ3v) is 5.61. The van der Waals surface area contributed by atoms with Gasteiger partial charge in [0.2, 0.25) is 11.6 Å². The number of hydrogen-bond donors (Lipinski definition) is 0. The molecule has 4 aromatic rings. The number of fused-ring (bicyclic) bond motifs is 5. The number of carbonyl (C=O) groups is 2. The first kappa shape index (κ1) is 16.7. The van der Waals surface area contributed by atoms with Gasteiger partial charge in [-0.25, -0.2) is 0 Å². The molecular formula is C26H15NO3. The van der Waals surface area contributed by atoms with Crippen molar-refractivity contribution in [3.8, 4) is 11.5 Å². The molecule has 142 valence electrons. The first-order valence-electron chi connectivity index (χ1n) is 9.71. The van der Waals surface area contributed by atoms with Crippen molar-refractivity contribution < 1.29 is 14.3 Å². The standard InChI is InChI=1S/C26H15NO3/c28-25-18-14-13-16-7-1-2-8-17(16)19(18)15-22(26(25)29)27-20-9-3-5-11-23(20)30-24-12-6-4-10-21(24)27/h1-15H. The van der Waals surface area contributed by atoms with Crippen molar-refractivity contribution in [3.63, 3.8) is 0 Å². The summed E-state index contributed by atoms with van der Waals surface area (Å²) in [6.45, 7) is 0. The van der Waals surface area contributed by atoms with E-state index in [9.17, 15) is 9.59 Å². The van der Waals surface area contributed by atoms with Gasteiger partial charge < -0.3 is 4.74 Å². The van der Waals surface area contributed by atoms with Gasteiger partial charge in [0.15, 0.2) is 11.5 Å². The van der Waals surface area contributed by atoms with E-state index in [0.717, 1.165) is 27.7 Å². The fourth-order valence-corrected chi connectivity index (χ4v) is 4.22. The second kappa shape index (κ2) is 6.16. The van der Waals surface area contributed by atoms with E-state index < -0.39 is 11.6 Å². The number of nitrogens with zero attached hydrogens (tertiary/aromatic N) is 1. The molecule has 0 spiro atoms. The summed E-state index contributed by atoms with van der Waals surface area (Å²) in [6, 6.07) is 26.6. The average molecular weight is 389 g/mol.